The van der Waals surface area contributed by atoms with Crippen LogP contribution in [0.3, 0.4) is 0 Å². The van der Waals surface area contributed by atoms with Crippen LogP contribution in [-0.2, 0) is 4.74 Å². The molecule has 0 bridgehead atoms. The van der Waals surface area contributed by atoms with Crippen molar-refractivity contribution >= 4 is 11.6 Å². The van der Waals surface area contributed by atoms with Gasteiger partial charge in [0.2, 0.25) is 0 Å². The van der Waals surface area contributed by atoms with Crippen LogP contribution in [0.5, 0.6) is 0 Å². The fourth-order valence-corrected chi connectivity index (χ4v) is 3.17. The Bertz CT molecular complexity index is 430. The van der Waals surface area contributed by atoms with Gasteiger partial charge < -0.3 is 10.5 Å². The minimum absolute atomic E-state index is 0.347. The summed E-state index contributed by atoms with van der Waals surface area (Å²) >= 11 is 5.79. The van der Waals surface area contributed by atoms with E-state index in [0.717, 1.165) is 25.7 Å². The maximum atomic E-state index is 14.0. The fraction of sp³-hybridized carbons (Fsp3) is 0.600. The van der Waals surface area contributed by atoms with Gasteiger partial charge in [-0.25, -0.2) is 4.39 Å². The minimum atomic E-state index is -0.453. The lowest BCUT2D eigenvalue weighted by atomic mass is 9.82. The number of rotatable bonds is 3. The number of methoxy groups -OCH3 is 1. The van der Waals surface area contributed by atoms with Crippen molar-refractivity contribution < 1.29 is 9.13 Å². The molecule has 2 N–H and O–H groups in total. The predicted molar refractivity (Wildman–Crippen MR) is 75.8 cm³/mol. The van der Waals surface area contributed by atoms with Crippen molar-refractivity contribution in [2.75, 3.05) is 7.11 Å². The Hall–Kier alpha value is -0.640. The Morgan fingerprint density at radius 1 is 1.26 bits per heavy atom. The maximum Gasteiger partial charge on any atom is 0.129 e. The van der Waals surface area contributed by atoms with Crippen molar-refractivity contribution in [2.45, 2.75) is 50.2 Å². The molecule has 1 aliphatic rings. The molecule has 2 rings (SSSR count). The van der Waals surface area contributed by atoms with Crippen LogP contribution in [0.25, 0.3) is 0 Å². The molecule has 0 saturated heterocycles. The van der Waals surface area contributed by atoms with Crippen molar-refractivity contribution in [2.24, 2.45) is 5.73 Å². The van der Waals surface area contributed by atoms with E-state index in [-0.39, 0.29) is 5.82 Å². The number of nitrogens with two attached hydrogens (primary N) is 1. The van der Waals surface area contributed by atoms with Crippen LogP contribution >= 0.6 is 11.6 Å². The van der Waals surface area contributed by atoms with E-state index >= 15 is 0 Å². The molecule has 0 amide bonds. The molecule has 1 aromatic carbocycles. The molecule has 1 fully saturated rings. The van der Waals surface area contributed by atoms with E-state index in [1.165, 1.54) is 18.9 Å². The molecular formula is C15H21ClFNO. The second-order valence-corrected chi connectivity index (χ2v) is 5.76. The number of benzene rings is 1. The highest BCUT2D eigenvalue weighted by Gasteiger charge is 2.39. The minimum Gasteiger partial charge on any atom is -0.376 e. The SMILES string of the molecule is COC1(C(N)c2ccc(Cl)cc2F)CCCCCC1. The summed E-state index contributed by atoms with van der Waals surface area (Å²) in [5.41, 5.74) is 6.37. The van der Waals surface area contributed by atoms with Crippen molar-refractivity contribution in [1.29, 1.82) is 0 Å². The summed E-state index contributed by atoms with van der Waals surface area (Å²) in [6.45, 7) is 0. The zero-order chi connectivity index (χ0) is 13.9. The van der Waals surface area contributed by atoms with E-state index in [9.17, 15) is 4.39 Å². The summed E-state index contributed by atoms with van der Waals surface area (Å²) < 4.78 is 19.8. The van der Waals surface area contributed by atoms with Gasteiger partial charge in [0.25, 0.3) is 0 Å². The summed E-state index contributed by atoms with van der Waals surface area (Å²) in [5.74, 6) is -0.347. The number of halogens is 2. The lowest BCUT2D eigenvalue weighted by molar-refractivity contribution is -0.0449. The van der Waals surface area contributed by atoms with Crippen molar-refractivity contribution in [3.8, 4) is 0 Å². The molecule has 19 heavy (non-hydrogen) atoms. The van der Waals surface area contributed by atoms with Crippen molar-refractivity contribution in [1.82, 2.24) is 0 Å². The van der Waals surface area contributed by atoms with Crippen molar-refractivity contribution in [3.05, 3.63) is 34.6 Å². The van der Waals surface area contributed by atoms with Crippen LogP contribution < -0.4 is 5.73 Å². The van der Waals surface area contributed by atoms with Gasteiger partial charge in [0.05, 0.1) is 11.6 Å². The Morgan fingerprint density at radius 3 is 2.42 bits per heavy atom. The first-order valence-corrected chi connectivity index (χ1v) is 7.22. The predicted octanol–water partition coefficient (Wildman–Crippen LogP) is 4.22. The first-order chi connectivity index (χ1) is 9.09. The molecular weight excluding hydrogens is 265 g/mol. The Labute approximate surface area is 119 Å². The van der Waals surface area contributed by atoms with Gasteiger partial charge in [-0.3, -0.25) is 0 Å². The molecule has 0 radical (unpaired) electrons. The second-order valence-electron chi connectivity index (χ2n) is 5.33. The van der Waals surface area contributed by atoms with Gasteiger partial charge in [0.15, 0.2) is 0 Å². The standard InChI is InChI=1S/C15H21ClFNO/c1-19-15(8-4-2-3-5-9-15)14(18)12-7-6-11(16)10-13(12)17/h6-7,10,14H,2-5,8-9,18H2,1H3. The maximum absolute atomic E-state index is 14.0. The van der Waals surface area contributed by atoms with E-state index in [1.54, 1.807) is 19.2 Å². The smallest absolute Gasteiger partial charge is 0.129 e. The molecule has 1 saturated carbocycles. The normalized spacial score (nSPS) is 20.8. The molecule has 0 aliphatic heterocycles. The molecule has 1 aliphatic carbocycles. The highest BCUT2D eigenvalue weighted by molar-refractivity contribution is 6.30. The molecule has 1 unspecified atom stereocenters. The molecule has 1 atom stereocenters. The summed E-state index contributed by atoms with van der Waals surface area (Å²) in [4.78, 5) is 0. The monoisotopic (exact) mass is 285 g/mol. The molecule has 2 nitrogen and oxygen atoms in total. The van der Waals surface area contributed by atoms with E-state index in [1.807, 2.05) is 0 Å². The molecule has 4 heteroatoms. The third-order valence-electron chi connectivity index (χ3n) is 4.22. The summed E-state index contributed by atoms with van der Waals surface area (Å²) in [5, 5.41) is 0.390. The third-order valence-corrected chi connectivity index (χ3v) is 4.46. The fourth-order valence-electron chi connectivity index (χ4n) is 3.01. The summed E-state index contributed by atoms with van der Waals surface area (Å²) in [7, 11) is 1.68. The quantitative estimate of drug-likeness (QED) is 0.844. The van der Waals surface area contributed by atoms with E-state index in [4.69, 9.17) is 22.1 Å². The first kappa shape index (κ1) is 14.8. The van der Waals surface area contributed by atoms with E-state index in [0.29, 0.717) is 10.6 Å². The molecule has 0 heterocycles. The van der Waals surface area contributed by atoms with E-state index < -0.39 is 11.6 Å². The van der Waals surface area contributed by atoms with Gasteiger partial charge in [0.1, 0.15) is 5.82 Å². The lowest BCUT2D eigenvalue weighted by Gasteiger charge is -2.37. The average Bonchev–Trinajstić information content (AvgIpc) is 2.64. The Morgan fingerprint density at radius 2 is 1.89 bits per heavy atom. The number of ether oxygens (including phenoxy) is 1. The van der Waals surface area contributed by atoms with Crippen LogP contribution in [-0.4, -0.2) is 12.7 Å². The topological polar surface area (TPSA) is 35.2 Å². The first-order valence-electron chi connectivity index (χ1n) is 6.85. The van der Waals surface area contributed by atoms with Crippen LogP contribution in [0.2, 0.25) is 5.02 Å². The lowest BCUT2D eigenvalue weighted by Crippen LogP contribution is -2.43. The zero-order valence-electron chi connectivity index (χ0n) is 11.3. The van der Waals surface area contributed by atoms with Crippen LogP contribution in [0.4, 0.5) is 4.39 Å². The highest BCUT2D eigenvalue weighted by atomic mass is 35.5. The van der Waals surface area contributed by atoms with Crippen LogP contribution in [0.1, 0.15) is 50.1 Å². The number of hydrogen-bond donors (Lipinski definition) is 1. The van der Waals surface area contributed by atoms with Crippen molar-refractivity contribution in [3.63, 3.8) is 0 Å². The summed E-state index contributed by atoms with van der Waals surface area (Å²) in [6.07, 6.45) is 6.31. The van der Waals surface area contributed by atoms with Gasteiger partial charge >= 0.3 is 0 Å². The molecule has 1 aromatic rings. The molecule has 0 spiro atoms. The Balaban J connectivity index is 2.31. The van der Waals surface area contributed by atoms with Gasteiger partial charge in [-0.2, -0.15) is 0 Å². The van der Waals surface area contributed by atoms with E-state index in [2.05, 4.69) is 0 Å². The van der Waals surface area contributed by atoms with Gasteiger partial charge in [-0.15, -0.1) is 0 Å². The largest absolute Gasteiger partial charge is 0.376 e. The zero-order valence-corrected chi connectivity index (χ0v) is 12.0. The molecule has 106 valence electrons. The Kier molecular flexibility index (Phi) is 4.82. The van der Waals surface area contributed by atoms with Gasteiger partial charge in [-0.1, -0.05) is 43.4 Å². The number of hydrogen-bond acceptors (Lipinski definition) is 2. The van der Waals surface area contributed by atoms with Crippen LogP contribution in [0.15, 0.2) is 18.2 Å². The second kappa shape index (κ2) is 6.21. The highest BCUT2D eigenvalue weighted by Crippen LogP contribution is 2.39. The molecule has 0 aromatic heterocycles. The summed E-state index contributed by atoms with van der Waals surface area (Å²) in [6, 6.07) is 4.22. The third kappa shape index (κ3) is 3.10. The average molecular weight is 286 g/mol. The van der Waals surface area contributed by atoms with Gasteiger partial charge in [-0.05, 0) is 25.0 Å². The van der Waals surface area contributed by atoms with Gasteiger partial charge in [0, 0.05) is 17.7 Å². The van der Waals surface area contributed by atoms with Crippen LogP contribution in [0, 0.1) is 5.82 Å².